The van der Waals surface area contributed by atoms with Crippen LogP contribution in [0.1, 0.15) is 30.3 Å². The van der Waals surface area contributed by atoms with Gasteiger partial charge in [-0.2, -0.15) is 0 Å². The molecule has 0 aliphatic rings. The first-order valence-electron chi connectivity index (χ1n) is 6.76. The highest BCUT2D eigenvalue weighted by Gasteiger charge is 2.16. The molecular weight excluding hydrogens is 370 g/mol. The van der Waals surface area contributed by atoms with E-state index in [9.17, 15) is 4.79 Å². The molecule has 1 N–H and O–H groups in total. The molecule has 0 spiro atoms. The molecule has 0 saturated heterocycles. The van der Waals surface area contributed by atoms with Gasteiger partial charge in [-0.3, -0.25) is 0 Å². The number of ether oxygens (including phenoxy) is 2. The first kappa shape index (κ1) is 16.8. The number of rotatable bonds is 7. The first-order chi connectivity index (χ1) is 10.6. The van der Waals surface area contributed by atoms with Crippen LogP contribution in [-0.2, 0) is 0 Å². The fourth-order valence-corrected chi connectivity index (χ4v) is 3.14. The van der Waals surface area contributed by atoms with Gasteiger partial charge in [0.05, 0.1) is 18.2 Å². The number of unbranched alkanes of at least 4 members (excludes halogenated alkanes) is 1. The predicted molar refractivity (Wildman–Crippen MR) is 89.2 cm³/mol. The SMILES string of the molecule is CCCCOc1c(Br)cc(-c2nc(C(=O)O)cs2)cc1OC. The number of benzene rings is 1. The number of methoxy groups -OCH3 is 1. The summed E-state index contributed by atoms with van der Waals surface area (Å²) in [5.74, 6) is 0.204. The Morgan fingerprint density at radius 3 is 2.82 bits per heavy atom. The smallest absolute Gasteiger partial charge is 0.355 e. The molecule has 0 aliphatic carbocycles. The van der Waals surface area contributed by atoms with Crippen LogP contribution >= 0.6 is 27.3 Å². The summed E-state index contributed by atoms with van der Waals surface area (Å²) in [6.45, 7) is 2.71. The third-order valence-corrected chi connectivity index (χ3v) is 4.42. The van der Waals surface area contributed by atoms with Gasteiger partial charge in [0.15, 0.2) is 17.2 Å². The zero-order valence-corrected chi connectivity index (χ0v) is 14.7. The Labute approximate surface area is 141 Å². The maximum Gasteiger partial charge on any atom is 0.355 e. The second-order valence-electron chi connectivity index (χ2n) is 4.53. The normalized spacial score (nSPS) is 10.5. The molecule has 0 amide bonds. The Balaban J connectivity index is 2.33. The van der Waals surface area contributed by atoms with E-state index in [0.717, 1.165) is 22.9 Å². The summed E-state index contributed by atoms with van der Waals surface area (Å²) in [5.41, 5.74) is 0.822. The number of hydrogen-bond donors (Lipinski definition) is 1. The van der Waals surface area contributed by atoms with Gasteiger partial charge in [0.1, 0.15) is 5.01 Å². The molecule has 0 radical (unpaired) electrons. The minimum absolute atomic E-state index is 0.0401. The van der Waals surface area contributed by atoms with Gasteiger partial charge in [0.25, 0.3) is 0 Å². The maximum atomic E-state index is 10.9. The molecule has 0 atom stereocenters. The Kier molecular flexibility index (Phi) is 5.79. The van der Waals surface area contributed by atoms with Gasteiger partial charge in [-0.1, -0.05) is 13.3 Å². The molecule has 2 rings (SSSR count). The van der Waals surface area contributed by atoms with Crippen molar-refractivity contribution in [2.45, 2.75) is 19.8 Å². The van der Waals surface area contributed by atoms with E-state index in [0.29, 0.717) is 23.1 Å². The summed E-state index contributed by atoms with van der Waals surface area (Å²) in [6, 6.07) is 3.66. The van der Waals surface area contributed by atoms with Crippen LogP contribution in [0, 0.1) is 0 Å². The molecule has 0 aliphatic heterocycles. The largest absolute Gasteiger partial charge is 0.493 e. The minimum atomic E-state index is -1.03. The molecule has 5 nitrogen and oxygen atoms in total. The van der Waals surface area contributed by atoms with Crippen LogP contribution in [0.25, 0.3) is 10.6 Å². The quantitative estimate of drug-likeness (QED) is 0.712. The van der Waals surface area contributed by atoms with Crippen molar-refractivity contribution >= 4 is 33.2 Å². The zero-order valence-electron chi connectivity index (χ0n) is 12.3. The Morgan fingerprint density at radius 1 is 1.45 bits per heavy atom. The Morgan fingerprint density at radius 2 is 2.23 bits per heavy atom. The zero-order chi connectivity index (χ0) is 16.1. The van der Waals surface area contributed by atoms with Gasteiger partial charge in [-0.15, -0.1) is 11.3 Å². The first-order valence-corrected chi connectivity index (χ1v) is 8.43. The van der Waals surface area contributed by atoms with E-state index in [1.54, 1.807) is 13.2 Å². The molecule has 0 saturated carbocycles. The predicted octanol–water partition coefficient (Wildman–Crippen LogP) is 4.46. The highest BCUT2D eigenvalue weighted by Crippen LogP contribution is 2.40. The molecule has 7 heteroatoms. The topological polar surface area (TPSA) is 68.7 Å². The van der Waals surface area contributed by atoms with Gasteiger partial charge in [0, 0.05) is 10.9 Å². The molecular formula is C15H16BrNO4S. The van der Waals surface area contributed by atoms with E-state index in [-0.39, 0.29) is 5.69 Å². The number of thiazole rings is 1. The lowest BCUT2D eigenvalue weighted by molar-refractivity contribution is 0.0691. The summed E-state index contributed by atoms with van der Waals surface area (Å²) in [4.78, 5) is 15.0. The molecule has 2 aromatic rings. The Bertz CT molecular complexity index is 672. The molecule has 0 unspecified atom stereocenters. The van der Waals surface area contributed by atoms with Crippen molar-refractivity contribution in [2.75, 3.05) is 13.7 Å². The van der Waals surface area contributed by atoms with Gasteiger partial charge < -0.3 is 14.6 Å². The number of nitrogens with zero attached hydrogens (tertiary/aromatic N) is 1. The summed E-state index contributed by atoms with van der Waals surface area (Å²) in [6.07, 6.45) is 2.01. The van der Waals surface area contributed by atoms with Crippen molar-refractivity contribution in [2.24, 2.45) is 0 Å². The van der Waals surface area contributed by atoms with Gasteiger partial charge in [0.2, 0.25) is 0 Å². The van der Waals surface area contributed by atoms with Crippen LogP contribution in [0.3, 0.4) is 0 Å². The summed E-state index contributed by atoms with van der Waals surface area (Å²) < 4.78 is 11.9. The van der Waals surface area contributed by atoms with Crippen molar-refractivity contribution in [3.8, 4) is 22.1 Å². The minimum Gasteiger partial charge on any atom is -0.493 e. The van der Waals surface area contributed by atoms with E-state index < -0.39 is 5.97 Å². The fourth-order valence-electron chi connectivity index (χ4n) is 1.81. The van der Waals surface area contributed by atoms with Gasteiger partial charge in [-0.05, 0) is 34.5 Å². The van der Waals surface area contributed by atoms with Crippen molar-refractivity contribution < 1.29 is 19.4 Å². The number of carboxylic acids is 1. The molecule has 0 bridgehead atoms. The van der Waals surface area contributed by atoms with Crippen LogP contribution in [0.15, 0.2) is 22.0 Å². The summed E-state index contributed by atoms with van der Waals surface area (Å²) >= 11 is 4.76. The second-order valence-corrected chi connectivity index (χ2v) is 6.25. The molecule has 1 heterocycles. The van der Waals surface area contributed by atoms with E-state index in [4.69, 9.17) is 14.6 Å². The number of carboxylic acid groups (broad SMARTS) is 1. The average Bonchev–Trinajstić information content (AvgIpc) is 2.98. The lowest BCUT2D eigenvalue weighted by Crippen LogP contribution is -2.00. The van der Waals surface area contributed by atoms with Crippen LogP contribution in [-0.4, -0.2) is 29.8 Å². The third-order valence-electron chi connectivity index (χ3n) is 2.94. The lowest BCUT2D eigenvalue weighted by Gasteiger charge is -2.13. The molecule has 1 aromatic heterocycles. The maximum absolute atomic E-state index is 10.9. The molecule has 1 aromatic carbocycles. The number of halogens is 1. The summed E-state index contributed by atoms with van der Waals surface area (Å²) in [5, 5.41) is 11.1. The van der Waals surface area contributed by atoms with Crippen LogP contribution in [0.5, 0.6) is 11.5 Å². The van der Waals surface area contributed by atoms with Crippen molar-refractivity contribution in [3.63, 3.8) is 0 Å². The van der Waals surface area contributed by atoms with E-state index in [2.05, 4.69) is 27.8 Å². The second kappa shape index (κ2) is 7.60. The van der Waals surface area contributed by atoms with E-state index in [1.807, 2.05) is 6.07 Å². The summed E-state index contributed by atoms with van der Waals surface area (Å²) in [7, 11) is 1.57. The molecule has 118 valence electrons. The highest BCUT2D eigenvalue weighted by molar-refractivity contribution is 9.10. The average molecular weight is 386 g/mol. The molecule has 22 heavy (non-hydrogen) atoms. The van der Waals surface area contributed by atoms with Crippen LogP contribution in [0.4, 0.5) is 0 Å². The lowest BCUT2D eigenvalue weighted by atomic mass is 10.2. The monoisotopic (exact) mass is 385 g/mol. The number of hydrogen-bond acceptors (Lipinski definition) is 5. The van der Waals surface area contributed by atoms with Gasteiger partial charge >= 0.3 is 5.97 Å². The number of aromatic nitrogens is 1. The highest BCUT2D eigenvalue weighted by atomic mass is 79.9. The third kappa shape index (κ3) is 3.78. The van der Waals surface area contributed by atoms with Crippen molar-refractivity contribution in [1.29, 1.82) is 0 Å². The van der Waals surface area contributed by atoms with E-state index in [1.165, 1.54) is 16.7 Å². The molecule has 0 fully saturated rings. The van der Waals surface area contributed by atoms with Crippen LogP contribution < -0.4 is 9.47 Å². The Hall–Kier alpha value is -1.60. The van der Waals surface area contributed by atoms with E-state index >= 15 is 0 Å². The number of aromatic carboxylic acids is 1. The van der Waals surface area contributed by atoms with Crippen LogP contribution in [0.2, 0.25) is 0 Å². The van der Waals surface area contributed by atoms with Gasteiger partial charge in [-0.25, -0.2) is 9.78 Å². The van der Waals surface area contributed by atoms with Crippen molar-refractivity contribution in [3.05, 3.63) is 27.7 Å². The van der Waals surface area contributed by atoms with Crippen molar-refractivity contribution in [1.82, 2.24) is 4.98 Å². The standard InChI is InChI=1S/C15H16BrNO4S/c1-3-4-5-21-13-10(16)6-9(7-12(13)20-2)14-17-11(8-22-14)15(18)19/h6-8H,3-5H2,1-2H3,(H,18,19). The number of carbonyl (C=O) groups is 1. The fraction of sp³-hybridized carbons (Fsp3) is 0.333.